The Labute approximate surface area is 89.6 Å². The van der Waals surface area contributed by atoms with E-state index in [1.165, 1.54) is 0 Å². The van der Waals surface area contributed by atoms with Gasteiger partial charge in [-0.2, -0.15) is 0 Å². The lowest BCUT2D eigenvalue weighted by molar-refractivity contribution is 0.0908. The van der Waals surface area contributed by atoms with E-state index in [2.05, 4.69) is 10.3 Å². The van der Waals surface area contributed by atoms with E-state index in [0.29, 0.717) is 18.8 Å². The maximum atomic E-state index is 11.9. The Balaban J connectivity index is 2.73. The summed E-state index contributed by atoms with van der Waals surface area (Å²) < 4.78 is 1.61. The fraction of sp³-hybridized carbons (Fsp3) is 0.700. The van der Waals surface area contributed by atoms with Gasteiger partial charge in [0, 0.05) is 12.5 Å². The van der Waals surface area contributed by atoms with Crippen molar-refractivity contribution in [3.8, 4) is 0 Å². The number of carbonyl (C=O) groups is 1. The van der Waals surface area contributed by atoms with Gasteiger partial charge >= 0.3 is 0 Å². The van der Waals surface area contributed by atoms with E-state index in [1.54, 1.807) is 10.9 Å². The second-order valence-electron chi connectivity index (χ2n) is 3.53. The third kappa shape index (κ3) is 2.86. The van der Waals surface area contributed by atoms with Crippen molar-refractivity contribution in [2.24, 2.45) is 11.7 Å². The van der Waals surface area contributed by atoms with Gasteiger partial charge in [-0.05, 0) is 12.8 Å². The molecule has 0 saturated heterocycles. The zero-order chi connectivity index (χ0) is 11.3. The highest BCUT2D eigenvalue weighted by Crippen LogP contribution is 2.13. The van der Waals surface area contributed by atoms with Gasteiger partial charge in [-0.25, -0.2) is 0 Å². The van der Waals surface area contributed by atoms with Gasteiger partial charge in [-0.1, -0.05) is 19.1 Å². The topological polar surface area (TPSA) is 73.8 Å². The molecular formula is C10H18N4O. The molecule has 1 aromatic rings. The van der Waals surface area contributed by atoms with E-state index in [9.17, 15) is 4.79 Å². The summed E-state index contributed by atoms with van der Waals surface area (Å²) >= 11 is 0. The zero-order valence-corrected chi connectivity index (χ0v) is 9.31. The lowest BCUT2D eigenvalue weighted by Gasteiger charge is -2.07. The monoisotopic (exact) mass is 210 g/mol. The first kappa shape index (κ1) is 11.8. The molecule has 0 saturated carbocycles. The first-order chi connectivity index (χ1) is 7.22. The number of Topliss-reactive ketones (excluding diaryl/α,β-unsaturated/α-hetero) is 1. The molecule has 84 valence electrons. The molecule has 2 N–H and O–H groups in total. The molecule has 15 heavy (non-hydrogen) atoms. The minimum atomic E-state index is 0.0630. The Morgan fingerprint density at radius 2 is 2.20 bits per heavy atom. The Hall–Kier alpha value is -1.23. The predicted molar refractivity (Wildman–Crippen MR) is 57.5 cm³/mol. The molecule has 0 atom stereocenters. The number of nitrogens with two attached hydrogens (primary N) is 1. The largest absolute Gasteiger partial charge is 0.329 e. The zero-order valence-electron chi connectivity index (χ0n) is 9.31. The van der Waals surface area contributed by atoms with Gasteiger partial charge in [0.2, 0.25) is 0 Å². The summed E-state index contributed by atoms with van der Waals surface area (Å²) in [5.74, 6) is 0.149. The Bertz CT molecular complexity index is 317. The summed E-state index contributed by atoms with van der Waals surface area (Å²) in [5.41, 5.74) is 5.84. The highest BCUT2D eigenvalue weighted by Gasteiger charge is 2.19. The van der Waals surface area contributed by atoms with Crippen LogP contribution in [-0.2, 0) is 6.54 Å². The molecule has 0 bridgehead atoms. The second kappa shape index (κ2) is 5.60. The minimum absolute atomic E-state index is 0.0630. The van der Waals surface area contributed by atoms with Crippen LogP contribution in [0.5, 0.6) is 0 Å². The number of rotatable bonds is 6. The van der Waals surface area contributed by atoms with Crippen molar-refractivity contribution in [3.05, 3.63) is 11.9 Å². The number of carbonyl (C=O) groups excluding carboxylic acids is 1. The molecule has 0 unspecified atom stereocenters. The second-order valence-corrected chi connectivity index (χ2v) is 3.53. The highest BCUT2D eigenvalue weighted by molar-refractivity contribution is 5.95. The van der Waals surface area contributed by atoms with E-state index < -0.39 is 0 Å². The van der Waals surface area contributed by atoms with Crippen LogP contribution in [0, 0.1) is 5.92 Å². The van der Waals surface area contributed by atoms with Gasteiger partial charge in [-0.3, -0.25) is 9.48 Å². The normalized spacial score (nSPS) is 10.9. The van der Waals surface area contributed by atoms with E-state index in [0.717, 1.165) is 12.8 Å². The van der Waals surface area contributed by atoms with Gasteiger partial charge < -0.3 is 5.73 Å². The number of hydrogen-bond donors (Lipinski definition) is 1. The van der Waals surface area contributed by atoms with E-state index >= 15 is 0 Å². The molecule has 0 aromatic carbocycles. The van der Waals surface area contributed by atoms with Crippen molar-refractivity contribution in [2.45, 2.75) is 33.2 Å². The van der Waals surface area contributed by atoms with Crippen LogP contribution in [0.2, 0.25) is 0 Å². The Morgan fingerprint density at radius 3 is 2.73 bits per heavy atom. The van der Waals surface area contributed by atoms with Crippen molar-refractivity contribution in [3.63, 3.8) is 0 Å². The summed E-state index contributed by atoms with van der Waals surface area (Å²) in [4.78, 5) is 11.9. The molecule has 5 nitrogen and oxygen atoms in total. The number of ketones is 1. The van der Waals surface area contributed by atoms with Gasteiger partial charge in [0.25, 0.3) is 0 Å². The Kier molecular flexibility index (Phi) is 4.42. The lowest BCUT2D eigenvalue weighted by Crippen LogP contribution is -2.13. The molecule has 0 aliphatic carbocycles. The van der Waals surface area contributed by atoms with Crippen molar-refractivity contribution in [2.75, 3.05) is 6.54 Å². The fourth-order valence-electron chi connectivity index (χ4n) is 1.52. The van der Waals surface area contributed by atoms with Gasteiger partial charge in [0.05, 0.1) is 12.7 Å². The van der Waals surface area contributed by atoms with Crippen LogP contribution in [-0.4, -0.2) is 27.3 Å². The van der Waals surface area contributed by atoms with Gasteiger partial charge in [-0.15, -0.1) is 5.10 Å². The quantitative estimate of drug-likeness (QED) is 0.706. The summed E-state index contributed by atoms with van der Waals surface area (Å²) in [7, 11) is 0. The Morgan fingerprint density at radius 1 is 1.53 bits per heavy atom. The van der Waals surface area contributed by atoms with Crippen molar-refractivity contribution in [1.29, 1.82) is 0 Å². The molecule has 0 aliphatic rings. The molecule has 1 rings (SSSR count). The first-order valence-electron chi connectivity index (χ1n) is 5.37. The van der Waals surface area contributed by atoms with Crippen LogP contribution in [0.3, 0.4) is 0 Å². The van der Waals surface area contributed by atoms with Crippen LogP contribution in [0.4, 0.5) is 0 Å². The van der Waals surface area contributed by atoms with Crippen LogP contribution in [0.25, 0.3) is 0 Å². The third-order valence-electron chi connectivity index (χ3n) is 2.51. The molecule has 0 aliphatic heterocycles. The standard InChI is InChI=1S/C10H18N4O/c1-3-8(4-2)10(15)9-7-14(6-5-11)13-12-9/h7-8H,3-6,11H2,1-2H3. The van der Waals surface area contributed by atoms with Crippen molar-refractivity contribution >= 4 is 5.78 Å². The van der Waals surface area contributed by atoms with Crippen molar-refractivity contribution < 1.29 is 4.79 Å². The molecule has 1 aromatic heterocycles. The maximum Gasteiger partial charge on any atom is 0.187 e. The molecule has 0 spiro atoms. The average Bonchev–Trinajstić information content (AvgIpc) is 2.68. The highest BCUT2D eigenvalue weighted by atomic mass is 16.1. The fourth-order valence-corrected chi connectivity index (χ4v) is 1.52. The van der Waals surface area contributed by atoms with Crippen LogP contribution < -0.4 is 5.73 Å². The lowest BCUT2D eigenvalue weighted by atomic mass is 9.96. The predicted octanol–water partition coefficient (Wildman–Crippen LogP) is 0.856. The van der Waals surface area contributed by atoms with Crippen molar-refractivity contribution in [1.82, 2.24) is 15.0 Å². The van der Waals surface area contributed by atoms with E-state index in [4.69, 9.17) is 5.73 Å². The molecule has 0 radical (unpaired) electrons. The summed E-state index contributed by atoms with van der Waals surface area (Å²) in [5, 5.41) is 7.70. The molecule has 5 heteroatoms. The summed E-state index contributed by atoms with van der Waals surface area (Å²) in [6, 6.07) is 0. The van der Waals surface area contributed by atoms with Crippen LogP contribution in [0.15, 0.2) is 6.20 Å². The molecular weight excluding hydrogens is 192 g/mol. The minimum Gasteiger partial charge on any atom is -0.329 e. The first-order valence-corrected chi connectivity index (χ1v) is 5.37. The maximum absolute atomic E-state index is 11.9. The average molecular weight is 210 g/mol. The SMILES string of the molecule is CCC(CC)C(=O)c1cn(CCN)nn1. The molecule has 0 fully saturated rings. The molecule has 0 amide bonds. The summed E-state index contributed by atoms with van der Waals surface area (Å²) in [6.07, 6.45) is 3.37. The van der Waals surface area contributed by atoms with E-state index in [1.807, 2.05) is 13.8 Å². The van der Waals surface area contributed by atoms with Gasteiger partial charge in [0.1, 0.15) is 5.69 Å². The van der Waals surface area contributed by atoms with E-state index in [-0.39, 0.29) is 11.7 Å². The van der Waals surface area contributed by atoms with Crippen LogP contribution >= 0.6 is 0 Å². The number of aromatic nitrogens is 3. The number of hydrogen-bond acceptors (Lipinski definition) is 4. The van der Waals surface area contributed by atoms with Gasteiger partial charge in [0.15, 0.2) is 5.78 Å². The summed E-state index contributed by atoms with van der Waals surface area (Å²) in [6.45, 7) is 5.12. The smallest absolute Gasteiger partial charge is 0.187 e. The third-order valence-corrected chi connectivity index (χ3v) is 2.51. The molecule has 1 heterocycles. The number of nitrogens with zero attached hydrogens (tertiary/aromatic N) is 3. The van der Waals surface area contributed by atoms with Crippen LogP contribution in [0.1, 0.15) is 37.2 Å².